The zero-order chi connectivity index (χ0) is 17.1. The number of aromatic nitrogens is 4. The quantitative estimate of drug-likeness (QED) is 0.877. The molecule has 8 nitrogen and oxygen atoms in total. The first kappa shape index (κ1) is 16.4. The van der Waals surface area contributed by atoms with Gasteiger partial charge in [0.05, 0.1) is 18.8 Å². The molecule has 0 aliphatic carbocycles. The fourth-order valence-electron chi connectivity index (χ4n) is 2.87. The molecule has 0 unspecified atom stereocenters. The molecule has 3 heterocycles. The molecule has 0 radical (unpaired) electrons. The number of ether oxygens (including phenoxy) is 1. The monoisotopic (exact) mass is 331 g/mol. The summed E-state index contributed by atoms with van der Waals surface area (Å²) in [6.45, 7) is 5.35. The summed E-state index contributed by atoms with van der Waals surface area (Å²) in [5.74, 6) is 1.44. The topological polar surface area (TPSA) is 93.1 Å². The Morgan fingerprint density at radius 2 is 2.33 bits per heavy atom. The predicted molar refractivity (Wildman–Crippen MR) is 86.5 cm³/mol. The number of H-pyrrole nitrogens is 1. The summed E-state index contributed by atoms with van der Waals surface area (Å²) in [6, 6.07) is 1.43. The number of aromatic amines is 1. The van der Waals surface area contributed by atoms with E-state index < -0.39 is 0 Å². The Morgan fingerprint density at radius 1 is 1.50 bits per heavy atom. The van der Waals surface area contributed by atoms with Gasteiger partial charge in [-0.05, 0) is 6.92 Å². The maximum atomic E-state index is 12.6. The maximum absolute atomic E-state index is 12.6. The van der Waals surface area contributed by atoms with Crippen molar-refractivity contribution >= 4 is 5.91 Å². The Kier molecular flexibility index (Phi) is 4.75. The lowest BCUT2D eigenvalue weighted by atomic mass is 10.2. The molecule has 1 aliphatic heterocycles. The Hall–Kier alpha value is -2.48. The summed E-state index contributed by atoms with van der Waals surface area (Å²) in [5.41, 5.74) is 0.348. The molecule has 2 aromatic heterocycles. The van der Waals surface area contributed by atoms with Crippen molar-refractivity contribution in [2.24, 2.45) is 0 Å². The fraction of sp³-hybridized carbons (Fsp3) is 0.500. The average Bonchev–Trinajstić information content (AvgIpc) is 3.01. The number of morpholine rings is 1. The van der Waals surface area contributed by atoms with Gasteiger partial charge in [-0.3, -0.25) is 9.59 Å². The van der Waals surface area contributed by atoms with Gasteiger partial charge in [-0.25, -0.2) is 9.97 Å². The van der Waals surface area contributed by atoms with Crippen LogP contribution in [0.3, 0.4) is 0 Å². The van der Waals surface area contributed by atoms with Crippen molar-refractivity contribution in [3.63, 3.8) is 0 Å². The van der Waals surface area contributed by atoms with Crippen LogP contribution < -0.4 is 5.56 Å². The molecule has 0 spiro atoms. The van der Waals surface area contributed by atoms with E-state index >= 15 is 0 Å². The molecule has 3 rings (SSSR count). The van der Waals surface area contributed by atoms with Gasteiger partial charge in [0.2, 0.25) is 5.91 Å². The molecule has 1 fully saturated rings. The smallest absolute Gasteiger partial charge is 0.251 e. The van der Waals surface area contributed by atoms with Crippen molar-refractivity contribution in [3.8, 4) is 0 Å². The van der Waals surface area contributed by atoms with Gasteiger partial charge in [-0.15, -0.1) is 0 Å². The van der Waals surface area contributed by atoms with Gasteiger partial charge in [0, 0.05) is 31.4 Å². The summed E-state index contributed by atoms with van der Waals surface area (Å²) in [4.78, 5) is 37.1. The zero-order valence-electron chi connectivity index (χ0n) is 13.9. The van der Waals surface area contributed by atoms with Crippen molar-refractivity contribution in [3.05, 3.63) is 46.2 Å². The second kappa shape index (κ2) is 6.96. The van der Waals surface area contributed by atoms with E-state index in [9.17, 15) is 9.59 Å². The van der Waals surface area contributed by atoms with Crippen LogP contribution in [0.4, 0.5) is 0 Å². The van der Waals surface area contributed by atoms with Crippen LogP contribution in [0.15, 0.2) is 23.3 Å². The molecular formula is C16H21N5O3. The first-order valence-electron chi connectivity index (χ1n) is 8.04. The van der Waals surface area contributed by atoms with Gasteiger partial charge < -0.3 is 19.2 Å². The Balaban J connectivity index is 1.71. The second-order valence-electron chi connectivity index (χ2n) is 5.78. The molecule has 0 saturated carbocycles. The summed E-state index contributed by atoms with van der Waals surface area (Å²) >= 11 is 0. The van der Waals surface area contributed by atoms with Gasteiger partial charge in [-0.2, -0.15) is 0 Å². The summed E-state index contributed by atoms with van der Waals surface area (Å²) in [6.07, 6.45) is 3.92. The highest BCUT2D eigenvalue weighted by Gasteiger charge is 2.27. The molecule has 1 aliphatic rings. The Labute approximate surface area is 139 Å². The lowest BCUT2D eigenvalue weighted by molar-refractivity contribution is -0.139. The van der Waals surface area contributed by atoms with Crippen molar-refractivity contribution < 1.29 is 9.53 Å². The van der Waals surface area contributed by atoms with Gasteiger partial charge in [-0.1, -0.05) is 6.92 Å². The van der Waals surface area contributed by atoms with Crippen molar-refractivity contribution in [2.45, 2.75) is 32.9 Å². The SMILES string of the molecule is CCc1nccn1CC(=O)N1CCO[C@H](c2cc(=O)[nH]c(C)n2)C1. The Morgan fingerprint density at radius 3 is 3.08 bits per heavy atom. The summed E-state index contributed by atoms with van der Waals surface area (Å²) < 4.78 is 7.57. The number of nitrogens with zero attached hydrogens (tertiary/aromatic N) is 4. The lowest BCUT2D eigenvalue weighted by Gasteiger charge is -2.32. The third kappa shape index (κ3) is 3.53. The minimum absolute atomic E-state index is 0.0116. The normalized spacial score (nSPS) is 17.9. The van der Waals surface area contributed by atoms with Crippen LogP contribution in [0.1, 0.15) is 30.4 Å². The number of aryl methyl sites for hydroxylation is 2. The lowest BCUT2D eigenvalue weighted by Crippen LogP contribution is -2.44. The predicted octanol–water partition coefficient (Wildman–Crippen LogP) is 0.437. The fourth-order valence-corrected chi connectivity index (χ4v) is 2.87. The highest BCUT2D eigenvalue weighted by molar-refractivity contribution is 5.76. The number of imidazole rings is 1. The van der Waals surface area contributed by atoms with Gasteiger partial charge in [0.15, 0.2) is 0 Å². The summed E-state index contributed by atoms with van der Waals surface area (Å²) in [7, 11) is 0. The van der Waals surface area contributed by atoms with Gasteiger partial charge >= 0.3 is 0 Å². The molecule has 1 amide bonds. The molecule has 128 valence electrons. The second-order valence-corrected chi connectivity index (χ2v) is 5.78. The number of nitrogens with one attached hydrogen (secondary N) is 1. The standard InChI is InChI=1S/C16H21N5O3/c1-3-14-17-4-5-20(14)10-16(23)21-6-7-24-13(9-21)12-8-15(22)19-11(2)18-12/h4-5,8,13H,3,6-7,9-10H2,1-2H3,(H,18,19,22)/t13-/m0/s1. The Bertz CT molecular complexity index is 782. The van der Waals surface area contributed by atoms with E-state index in [2.05, 4.69) is 15.0 Å². The number of carbonyl (C=O) groups excluding carboxylic acids is 1. The molecule has 1 atom stereocenters. The van der Waals surface area contributed by atoms with E-state index in [1.165, 1.54) is 6.07 Å². The molecule has 0 bridgehead atoms. The van der Waals surface area contributed by atoms with E-state index in [1.807, 2.05) is 17.7 Å². The minimum Gasteiger partial charge on any atom is -0.368 e. The zero-order valence-corrected chi connectivity index (χ0v) is 13.9. The number of rotatable bonds is 4. The summed E-state index contributed by atoms with van der Waals surface area (Å²) in [5, 5.41) is 0. The van der Waals surface area contributed by atoms with E-state index in [0.717, 1.165) is 12.2 Å². The maximum Gasteiger partial charge on any atom is 0.251 e. The van der Waals surface area contributed by atoms with Crippen LogP contribution in [-0.4, -0.2) is 50.0 Å². The minimum atomic E-state index is -0.378. The number of carbonyl (C=O) groups is 1. The largest absolute Gasteiger partial charge is 0.368 e. The van der Waals surface area contributed by atoms with Crippen LogP contribution in [0, 0.1) is 6.92 Å². The van der Waals surface area contributed by atoms with E-state index in [4.69, 9.17) is 4.74 Å². The molecule has 1 saturated heterocycles. The molecule has 2 aromatic rings. The van der Waals surface area contributed by atoms with Crippen molar-refractivity contribution in [1.82, 2.24) is 24.4 Å². The van der Waals surface area contributed by atoms with Crippen molar-refractivity contribution in [2.75, 3.05) is 19.7 Å². The highest BCUT2D eigenvalue weighted by atomic mass is 16.5. The third-order valence-corrected chi connectivity index (χ3v) is 4.05. The first-order valence-corrected chi connectivity index (χ1v) is 8.04. The van der Waals surface area contributed by atoms with E-state index in [-0.39, 0.29) is 24.1 Å². The van der Waals surface area contributed by atoms with E-state index in [1.54, 1.807) is 18.0 Å². The van der Waals surface area contributed by atoms with E-state index in [0.29, 0.717) is 31.2 Å². The first-order chi connectivity index (χ1) is 11.6. The molecule has 1 N–H and O–H groups in total. The number of amides is 1. The van der Waals surface area contributed by atoms with Gasteiger partial charge in [0.1, 0.15) is 24.3 Å². The number of hydrogen-bond acceptors (Lipinski definition) is 5. The van der Waals surface area contributed by atoms with Gasteiger partial charge in [0.25, 0.3) is 5.56 Å². The van der Waals surface area contributed by atoms with Crippen LogP contribution >= 0.6 is 0 Å². The third-order valence-electron chi connectivity index (χ3n) is 4.05. The molecular weight excluding hydrogens is 310 g/mol. The molecule has 8 heteroatoms. The van der Waals surface area contributed by atoms with Crippen LogP contribution in [0.2, 0.25) is 0 Å². The number of hydrogen-bond donors (Lipinski definition) is 1. The molecule has 24 heavy (non-hydrogen) atoms. The highest BCUT2D eigenvalue weighted by Crippen LogP contribution is 2.20. The average molecular weight is 331 g/mol. The van der Waals surface area contributed by atoms with Crippen molar-refractivity contribution in [1.29, 1.82) is 0 Å². The van der Waals surface area contributed by atoms with Crippen LogP contribution in [0.25, 0.3) is 0 Å². The van der Waals surface area contributed by atoms with Crippen LogP contribution in [0.5, 0.6) is 0 Å². The molecule has 0 aromatic carbocycles. The van der Waals surface area contributed by atoms with Crippen LogP contribution in [-0.2, 0) is 22.5 Å².